The number of halogens is 1. The smallest absolute Gasteiger partial charge is 0.137 e. The van der Waals surface area contributed by atoms with E-state index < -0.39 is 0 Å². The van der Waals surface area contributed by atoms with Crippen molar-refractivity contribution in [2.75, 3.05) is 0 Å². The van der Waals surface area contributed by atoms with Crippen LogP contribution in [0.1, 0.15) is 17.0 Å². The van der Waals surface area contributed by atoms with E-state index in [4.69, 9.17) is 11.6 Å². The number of pyridine rings is 1. The van der Waals surface area contributed by atoms with Crippen LogP contribution < -0.4 is 5.32 Å². The summed E-state index contributed by atoms with van der Waals surface area (Å²) in [4.78, 5) is 8.69. The lowest BCUT2D eigenvalue weighted by Gasteiger charge is -2.07. The van der Waals surface area contributed by atoms with Crippen molar-refractivity contribution in [3.8, 4) is 5.82 Å². The summed E-state index contributed by atoms with van der Waals surface area (Å²) in [5.41, 5.74) is 2.31. The molecule has 22 heavy (non-hydrogen) atoms. The Morgan fingerprint density at radius 3 is 2.64 bits per heavy atom. The minimum Gasteiger partial charge on any atom is -0.309 e. The first kappa shape index (κ1) is 14.8. The van der Waals surface area contributed by atoms with Gasteiger partial charge in [0.15, 0.2) is 0 Å². The molecule has 0 atom stereocenters. The monoisotopic (exact) mass is 312 g/mol. The van der Waals surface area contributed by atoms with Crippen LogP contribution in [0.3, 0.4) is 0 Å². The molecule has 0 fully saturated rings. The molecule has 3 aromatic rings. The number of hydrogen-bond donors (Lipinski definition) is 1. The maximum atomic E-state index is 5.97. The van der Waals surface area contributed by atoms with Gasteiger partial charge < -0.3 is 5.32 Å². The third-order valence-electron chi connectivity index (χ3n) is 3.43. The highest BCUT2D eigenvalue weighted by atomic mass is 35.5. The summed E-state index contributed by atoms with van der Waals surface area (Å²) in [6.07, 6.45) is 5.58. The van der Waals surface area contributed by atoms with Gasteiger partial charge in [-0.25, -0.2) is 9.97 Å². The Labute approximate surface area is 134 Å². The van der Waals surface area contributed by atoms with Crippen LogP contribution in [0, 0.1) is 6.92 Å². The highest BCUT2D eigenvalue weighted by Crippen LogP contribution is 2.11. The minimum atomic E-state index is 0.765. The Balaban J connectivity index is 1.59. The van der Waals surface area contributed by atoms with Crippen molar-refractivity contribution in [2.45, 2.75) is 20.0 Å². The fraction of sp³-hybridized carbons (Fsp3) is 0.176. The topological polar surface area (TPSA) is 42.7 Å². The van der Waals surface area contributed by atoms with Gasteiger partial charge in [0, 0.05) is 36.7 Å². The van der Waals surface area contributed by atoms with E-state index in [-0.39, 0.29) is 0 Å². The third-order valence-corrected chi connectivity index (χ3v) is 3.66. The van der Waals surface area contributed by atoms with E-state index in [0.717, 1.165) is 35.3 Å². The molecular formula is C17H17ClN4. The molecule has 0 aliphatic heterocycles. The van der Waals surface area contributed by atoms with Crippen LogP contribution in [-0.2, 0) is 13.1 Å². The summed E-state index contributed by atoms with van der Waals surface area (Å²) in [7, 11) is 0. The fourth-order valence-corrected chi connectivity index (χ4v) is 2.49. The second kappa shape index (κ2) is 6.73. The standard InChI is InChI=1S/C17H17ClN4/c1-13-20-7-8-22(13)17-6-5-15(12-21-17)11-19-10-14-3-2-4-16(18)9-14/h2-9,12,19H,10-11H2,1H3. The Bertz CT molecular complexity index is 749. The molecule has 0 bridgehead atoms. The summed E-state index contributed by atoms with van der Waals surface area (Å²) in [6.45, 7) is 3.51. The highest BCUT2D eigenvalue weighted by molar-refractivity contribution is 6.30. The maximum Gasteiger partial charge on any atom is 0.137 e. The van der Waals surface area contributed by atoms with Gasteiger partial charge in [-0.15, -0.1) is 0 Å². The van der Waals surface area contributed by atoms with Gasteiger partial charge in [0.2, 0.25) is 0 Å². The van der Waals surface area contributed by atoms with Crippen molar-refractivity contribution in [3.05, 3.63) is 77.0 Å². The van der Waals surface area contributed by atoms with E-state index in [1.165, 1.54) is 5.56 Å². The van der Waals surface area contributed by atoms with Gasteiger partial charge in [-0.05, 0) is 36.2 Å². The van der Waals surface area contributed by atoms with Crippen LogP contribution in [-0.4, -0.2) is 14.5 Å². The summed E-state index contributed by atoms with van der Waals surface area (Å²) < 4.78 is 1.96. The number of aromatic nitrogens is 3. The number of hydrogen-bond acceptors (Lipinski definition) is 3. The largest absolute Gasteiger partial charge is 0.309 e. The molecule has 0 spiro atoms. The number of aryl methyl sites for hydroxylation is 1. The maximum absolute atomic E-state index is 5.97. The highest BCUT2D eigenvalue weighted by Gasteiger charge is 2.02. The molecule has 4 nitrogen and oxygen atoms in total. The SMILES string of the molecule is Cc1nccn1-c1ccc(CNCc2cccc(Cl)c2)cn1. The van der Waals surface area contributed by atoms with E-state index in [1.54, 1.807) is 6.20 Å². The third kappa shape index (κ3) is 3.53. The number of nitrogens with zero attached hydrogens (tertiary/aromatic N) is 3. The minimum absolute atomic E-state index is 0.765. The molecule has 0 radical (unpaired) electrons. The van der Waals surface area contributed by atoms with Crippen LogP contribution in [0.4, 0.5) is 0 Å². The molecule has 3 rings (SSSR count). The van der Waals surface area contributed by atoms with E-state index >= 15 is 0 Å². The first-order valence-electron chi connectivity index (χ1n) is 7.13. The summed E-state index contributed by atoms with van der Waals surface area (Å²) in [5.74, 6) is 1.81. The van der Waals surface area contributed by atoms with Crippen LogP contribution in [0.5, 0.6) is 0 Å². The molecule has 2 heterocycles. The molecule has 1 N–H and O–H groups in total. The predicted octanol–water partition coefficient (Wildman–Crippen LogP) is 3.52. The zero-order valence-electron chi connectivity index (χ0n) is 12.3. The number of nitrogens with one attached hydrogen (secondary N) is 1. The zero-order chi connectivity index (χ0) is 15.4. The van der Waals surface area contributed by atoms with Crippen molar-refractivity contribution in [1.29, 1.82) is 0 Å². The van der Waals surface area contributed by atoms with Crippen LogP contribution in [0.15, 0.2) is 55.0 Å². The van der Waals surface area contributed by atoms with Crippen LogP contribution >= 0.6 is 11.6 Å². The van der Waals surface area contributed by atoms with Gasteiger partial charge in [-0.3, -0.25) is 4.57 Å². The number of imidazole rings is 1. The van der Waals surface area contributed by atoms with Gasteiger partial charge in [-0.1, -0.05) is 29.8 Å². The van der Waals surface area contributed by atoms with Crippen molar-refractivity contribution in [1.82, 2.24) is 19.9 Å². The summed E-state index contributed by atoms with van der Waals surface area (Å²) in [5, 5.41) is 4.16. The molecule has 0 saturated heterocycles. The lowest BCUT2D eigenvalue weighted by molar-refractivity contribution is 0.691. The van der Waals surface area contributed by atoms with Gasteiger partial charge >= 0.3 is 0 Å². The molecule has 2 aromatic heterocycles. The average molecular weight is 313 g/mol. The molecular weight excluding hydrogens is 296 g/mol. The summed E-state index contributed by atoms with van der Waals surface area (Å²) in [6, 6.07) is 12.0. The average Bonchev–Trinajstić information content (AvgIpc) is 2.94. The lowest BCUT2D eigenvalue weighted by Crippen LogP contribution is -2.13. The van der Waals surface area contributed by atoms with E-state index in [0.29, 0.717) is 0 Å². The molecule has 0 aliphatic carbocycles. The number of benzene rings is 1. The fourth-order valence-electron chi connectivity index (χ4n) is 2.28. The van der Waals surface area contributed by atoms with Crippen LogP contribution in [0.25, 0.3) is 5.82 Å². The lowest BCUT2D eigenvalue weighted by atomic mass is 10.2. The van der Waals surface area contributed by atoms with Gasteiger partial charge in [0.1, 0.15) is 11.6 Å². The quantitative estimate of drug-likeness (QED) is 0.784. The summed E-state index contributed by atoms with van der Waals surface area (Å²) >= 11 is 5.97. The van der Waals surface area contributed by atoms with E-state index in [9.17, 15) is 0 Å². The molecule has 0 saturated carbocycles. The van der Waals surface area contributed by atoms with E-state index in [1.807, 2.05) is 48.1 Å². The Morgan fingerprint density at radius 2 is 1.95 bits per heavy atom. The molecule has 0 unspecified atom stereocenters. The van der Waals surface area contributed by atoms with Gasteiger partial charge in [-0.2, -0.15) is 0 Å². The van der Waals surface area contributed by atoms with Gasteiger partial charge in [0.05, 0.1) is 0 Å². The van der Waals surface area contributed by atoms with E-state index in [2.05, 4.69) is 27.4 Å². The Kier molecular flexibility index (Phi) is 4.51. The molecule has 0 amide bonds. The van der Waals surface area contributed by atoms with Crippen molar-refractivity contribution >= 4 is 11.6 Å². The normalized spacial score (nSPS) is 10.8. The Hall–Kier alpha value is -2.17. The predicted molar refractivity (Wildman–Crippen MR) is 88.1 cm³/mol. The molecule has 112 valence electrons. The first-order valence-corrected chi connectivity index (χ1v) is 7.50. The molecule has 0 aliphatic rings. The molecule has 5 heteroatoms. The van der Waals surface area contributed by atoms with Gasteiger partial charge in [0.25, 0.3) is 0 Å². The first-order chi connectivity index (χ1) is 10.7. The zero-order valence-corrected chi connectivity index (χ0v) is 13.1. The Morgan fingerprint density at radius 1 is 1.09 bits per heavy atom. The molecule has 1 aromatic carbocycles. The van der Waals surface area contributed by atoms with Crippen LogP contribution in [0.2, 0.25) is 5.02 Å². The van der Waals surface area contributed by atoms with Crippen molar-refractivity contribution in [2.24, 2.45) is 0 Å². The number of rotatable bonds is 5. The van der Waals surface area contributed by atoms with Crippen molar-refractivity contribution < 1.29 is 0 Å². The second-order valence-corrected chi connectivity index (χ2v) is 5.54. The second-order valence-electron chi connectivity index (χ2n) is 5.10. The van der Waals surface area contributed by atoms with Crippen molar-refractivity contribution in [3.63, 3.8) is 0 Å².